The molecule has 3 heteroatoms. The molecule has 2 aliphatic carbocycles. The summed E-state index contributed by atoms with van der Waals surface area (Å²) >= 11 is 7.45. The van der Waals surface area contributed by atoms with Crippen LogP contribution in [0.1, 0.15) is 22.3 Å². The first-order chi connectivity index (χ1) is 13.2. The SMILES string of the molecule is Brc1ccc2c(c1)C1(c3ccccc3-c3ccccc31)c1cc(Br)ccc1-2.[Mg]. The summed E-state index contributed by atoms with van der Waals surface area (Å²) in [6.07, 6.45) is 0. The van der Waals surface area contributed by atoms with Gasteiger partial charge in [0.2, 0.25) is 0 Å². The topological polar surface area (TPSA) is 0 Å². The number of hydrogen-bond donors (Lipinski definition) is 0. The van der Waals surface area contributed by atoms with E-state index < -0.39 is 0 Å². The van der Waals surface area contributed by atoms with Crippen LogP contribution in [-0.2, 0) is 5.41 Å². The molecule has 0 aliphatic heterocycles. The van der Waals surface area contributed by atoms with E-state index in [0.717, 1.165) is 8.95 Å². The smallest absolute Gasteiger partial charge is 0.0619 e. The van der Waals surface area contributed by atoms with Gasteiger partial charge in [-0.05, 0) is 68.8 Å². The van der Waals surface area contributed by atoms with Gasteiger partial charge in [0.15, 0.2) is 0 Å². The van der Waals surface area contributed by atoms with Crippen molar-refractivity contribution < 1.29 is 0 Å². The summed E-state index contributed by atoms with van der Waals surface area (Å²) in [4.78, 5) is 0. The molecule has 0 fully saturated rings. The number of benzene rings is 4. The molecule has 6 rings (SSSR count). The van der Waals surface area contributed by atoms with Gasteiger partial charge in [0, 0.05) is 32.0 Å². The Kier molecular flexibility index (Phi) is 4.36. The molecule has 0 amide bonds. The van der Waals surface area contributed by atoms with E-state index >= 15 is 0 Å². The molecule has 28 heavy (non-hydrogen) atoms. The maximum absolute atomic E-state index is 3.73. The summed E-state index contributed by atoms with van der Waals surface area (Å²) in [7, 11) is 0. The molecule has 0 bridgehead atoms. The fourth-order valence-corrected chi connectivity index (χ4v) is 5.81. The molecule has 130 valence electrons. The average Bonchev–Trinajstić information content (AvgIpc) is 3.14. The third kappa shape index (κ3) is 2.22. The Labute approximate surface area is 197 Å². The van der Waals surface area contributed by atoms with Gasteiger partial charge in [-0.2, -0.15) is 0 Å². The van der Waals surface area contributed by atoms with Gasteiger partial charge in [0.25, 0.3) is 0 Å². The zero-order valence-corrected chi connectivity index (χ0v) is 19.6. The summed E-state index contributed by atoms with van der Waals surface area (Å²) < 4.78 is 2.24. The van der Waals surface area contributed by atoms with Crippen LogP contribution in [0.25, 0.3) is 22.3 Å². The van der Waals surface area contributed by atoms with E-state index in [1.807, 2.05) is 0 Å². The fraction of sp³-hybridized carbons (Fsp3) is 0.0400. The quantitative estimate of drug-likeness (QED) is 0.195. The van der Waals surface area contributed by atoms with Crippen LogP contribution in [0.4, 0.5) is 0 Å². The number of rotatable bonds is 0. The molecule has 0 saturated heterocycles. The first-order valence-corrected chi connectivity index (χ1v) is 10.6. The van der Waals surface area contributed by atoms with Gasteiger partial charge in [-0.3, -0.25) is 0 Å². The summed E-state index contributed by atoms with van der Waals surface area (Å²) in [5.41, 5.74) is 10.6. The molecule has 0 unspecified atom stereocenters. The van der Waals surface area contributed by atoms with Gasteiger partial charge < -0.3 is 0 Å². The van der Waals surface area contributed by atoms with Crippen molar-refractivity contribution >= 4 is 54.9 Å². The Bertz CT molecular complexity index is 1160. The number of fused-ring (bicyclic) bond motifs is 10. The molecule has 2 aliphatic rings. The molecule has 1 spiro atoms. The third-order valence-corrected chi connectivity index (χ3v) is 7.00. The Morgan fingerprint density at radius 3 is 1.32 bits per heavy atom. The molecule has 0 saturated carbocycles. The highest BCUT2D eigenvalue weighted by atomic mass is 79.9. The van der Waals surface area contributed by atoms with Crippen LogP contribution in [-0.4, -0.2) is 23.1 Å². The molecule has 0 heterocycles. The van der Waals surface area contributed by atoms with Gasteiger partial charge in [-0.1, -0.05) is 92.5 Å². The van der Waals surface area contributed by atoms with Crippen LogP contribution in [0, 0.1) is 0 Å². The van der Waals surface area contributed by atoms with Crippen LogP contribution in [0.5, 0.6) is 0 Å². The van der Waals surface area contributed by atoms with Crippen molar-refractivity contribution in [1.29, 1.82) is 0 Å². The van der Waals surface area contributed by atoms with E-state index in [1.165, 1.54) is 44.5 Å². The molecule has 2 radical (unpaired) electrons. The van der Waals surface area contributed by atoms with Crippen molar-refractivity contribution in [3.05, 3.63) is 116 Å². The fourth-order valence-electron chi connectivity index (χ4n) is 5.08. The lowest BCUT2D eigenvalue weighted by atomic mass is 9.70. The van der Waals surface area contributed by atoms with E-state index in [-0.39, 0.29) is 28.5 Å². The second-order valence-corrected chi connectivity index (χ2v) is 9.05. The van der Waals surface area contributed by atoms with Gasteiger partial charge in [0.05, 0.1) is 5.41 Å². The lowest BCUT2D eigenvalue weighted by Gasteiger charge is -2.30. The Balaban J connectivity index is 0.00000171. The van der Waals surface area contributed by atoms with Gasteiger partial charge in [-0.15, -0.1) is 0 Å². The van der Waals surface area contributed by atoms with Crippen molar-refractivity contribution in [2.24, 2.45) is 0 Å². The molecular weight excluding hydrogens is 484 g/mol. The summed E-state index contributed by atoms with van der Waals surface area (Å²) in [6.45, 7) is 0. The Morgan fingerprint density at radius 2 is 0.857 bits per heavy atom. The van der Waals surface area contributed by atoms with Crippen LogP contribution in [0.15, 0.2) is 93.9 Å². The Hall–Kier alpha value is -1.39. The number of halogens is 2. The highest BCUT2D eigenvalue weighted by Gasteiger charge is 2.51. The molecule has 0 atom stereocenters. The van der Waals surface area contributed by atoms with Crippen molar-refractivity contribution in [2.75, 3.05) is 0 Å². The predicted octanol–water partition coefficient (Wildman–Crippen LogP) is 7.17. The highest BCUT2D eigenvalue weighted by molar-refractivity contribution is 9.10. The maximum Gasteiger partial charge on any atom is 0.0726 e. The highest BCUT2D eigenvalue weighted by Crippen LogP contribution is 2.63. The maximum atomic E-state index is 3.73. The minimum absolute atomic E-state index is 0. The van der Waals surface area contributed by atoms with Gasteiger partial charge >= 0.3 is 0 Å². The number of hydrogen-bond acceptors (Lipinski definition) is 0. The zero-order chi connectivity index (χ0) is 18.2. The van der Waals surface area contributed by atoms with Gasteiger partial charge in [0.1, 0.15) is 0 Å². The molecule has 0 aromatic heterocycles. The summed E-state index contributed by atoms with van der Waals surface area (Å²) in [5, 5.41) is 0. The van der Waals surface area contributed by atoms with Crippen molar-refractivity contribution in [1.82, 2.24) is 0 Å². The first kappa shape index (κ1) is 18.6. The average molecular weight is 499 g/mol. The predicted molar refractivity (Wildman–Crippen MR) is 124 cm³/mol. The summed E-state index contributed by atoms with van der Waals surface area (Å²) in [6, 6.07) is 31.2. The summed E-state index contributed by atoms with van der Waals surface area (Å²) in [5.74, 6) is 0. The minimum atomic E-state index is -0.259. The van der Waals surface area contributed by atoms with E-state index in [4.69, 9.17) is 0 Å². The van der Waals surface area contributed by atoms with Crippen molar-refractivity contribution in [3.63, 3.8) is 0 Å². The first-order valence-electron chi connectivity index (χ1n) is 9.01. The van der Waals surface area contributed by atoms with E-state index in [2.05, 4.69) is 117 Å². The van der Waals surface area contributed by atoms with Crippen LogP contribution >= 0.6 is 31.9 Å². The standard InChI is InChI=1S/C25H14Br2.Mg/c26-15-9-11-19-20-12-10-16(27)14-24(20)25(23(19)13-15)21-7-3-1-5-17(21)18-6-2-4-8-22(18)25;/h1-14H;. The second-order valence-electron chi connectivity index (χ2n) is 7.22. The molecule has 0 nitrogen and oxygen atoms in total. The molecule has 0 N–H and O–H groups in total. The van der Waals surface area contributed by atoms with E-state index in [0.29, 0.717) is 0 Å². The van der Waals surface area contributed by atoms with E-state index in [1.54, 1.807) is 0 Å². The monoisotopic (exact) mass is 496 g/mol. The second kappa shape index (κ2) is 6.56. The van der Waals surface area contributed by atoms with Crippen LogP contribution < -0.4 is 0 Å². The lowest BCUT2D eigenvalue weighted by Crippen LogP contribution is -2.25. The van der Waals surface area contributed by atoms with E-state index in [9.17, 15) is 0 Å². The normalized spacial score (nSPS) is 14.1. The molecule has 4 aromatic rings. The molecule has 4 aromatic carbocycles. The minimum Gasteiger partial charge on any atom is -0.0619 e. The van der Waals surface area contributed by atoms with Crippen molar-refractivity contribution in [3.8, 4) is 22.3 Å². The third-order valence-electron chi connectivity index (χ3n) is 6.01. The van der Waals surface area contributed by atoms with Crippen molar-refractivity contribution in [2.45, 2.75) is 5.41 Å². The lowest BCUT2D eigenvalue weighted by molar-refractivity contribution is 0.792. The van der Waals surface area contributed by atoms with Crippen LogP contribution in [0.2, 0.25) is 0 Å². The van der Waals surface area contributed by atoms with Gasteiger partial charge in [-0.25, -0.2) is 0 Å². The zero-order valence-electron chi connectivity index (χ0n) is 15.0. The molecular formula is C25H14Br2Mg. The van der Waals surface area contributed by atoms with Crippen LogP contribution in [0.3, 0.4) is 0 Å². The Morgan fingerprint density at radius 1 is 0.464 bits per heavy atom. The largest absolute Gasteiger partial charge is 0.0726 e.